The molecule has 3 aromatic rings. The fourth-order valence-corrected chi connectivity index (χ4v) is 4.77. The molecule has 2 heterocycles. The van der Waals surface area contributed by atoms with Crippen molar-refractivity contribution in [3.63, 3.8) is 0 Å². The van der Waals surface area contributed by atoms with Gasteiger partial charge in [0.1, 0.15) is 5.82 Å². The Morgan fingerprint density at radius 1 is 1.13 bits per heavy atom. The van der Waals surface area contributed by atoms with Crippen LogP contribution in [0.1, 0.15) is 36.6 Å². The van der Waals surface area contributed by atoms with Crippen molar-refractivity contribution in [3.05, 3.63) is 87.6 Å². The number of pyridine rings is 1. The molecule has 8 heteroatoms. The van der Waals surface area contributed by atoms with Crippen molar-refractivity contribution >= 4 is 15.7 Å². The molecule has 0 fully saturated rings. The van der Waals surface area contributed by atoms with E-state index < -0.39 is 10.0 Å². The van der Waals surface area contributed by atoms with Crippen molar-refractivity contribution in [2.24, 2.45) is 16.4 Å². The van der Waals surface area contributed by atoms with Gasteiger partial charge >= 0.3 is 0 Å². The Bertz CT molecular complexity index is 1380. The molecule has 1 aromatic heterocycles. The lowest BCUT2D eigenvalue weighted by atomic mass is 9.92. The summed E-state index contributed by atoms with van der Waals surface area (Å²) in [5.41, 5.74) is 4.03. The molecule has 31 heavy (non-hydrogen) atoms. The van der Waals surface area contributed by atoms with E-state index in [-0.39, 0.29) is 28.9 Å². The number of halogens is 1. The number of hydrogen-bond acceptors (Lipinski definition) is 4. The number of aromatic nitrogens is 1. The van der Waals surface area contributed by atoms with Gasteiger partial charge in [0.2, 0.25) is 0 Å². The van der Waals surface area contributed by atoms with Crippen molar-refractivity contribution in [2.45, 2.75) is 24.8 Å². The minimum atomic E-state index is -3.56. The third-order valence-electron chi connectivity index (χ3n) is 5.30. The van der Waals surface area contributed by atoms with E-state index in [1.54, 1.807) is 56.6 Å². The van der Waals surface area contributed by atoms with Crippen molar-refractivity contribution in [2.75, 3.05) is 6.54 Å². The van der Waals surface area contributed by atoms with Gasteiger partial charge in [-0.25, -0.2) is 13.0 Å². The summed E-state index contributed by atoms with van der Waals surface area (Å²) < 4.78 is 41.9. The number of hydrogen-bond donors (Lipinski definition) is 1. The first kappa shape index (κ1) is 21.1. The molecule has 0 saturated heterocycles. The van der Waals surface area contributed by atoms with Crippen LogP contribution in [0.3, 0.4) is 0 Å². The minimum Gasteiger partial charge on any atom is -0.318 e. The molecule has 1 aliphatic rings. The molecule has 2 aromatic carbocycles. The van der Waals surface area contributed by atoms with Gasteiger partial charge in [0.15, 0.2) is 10.0 Å². The van der Waals surface area contributed by atoms with Crippen LogP contribution in [-0.4, -0.2) is 25.6 Å². The Kier molecular flexibility index (Phi) is 5.36. The van der Waals surface area contributed by atoms with Gasteiger partial charge in [-0.3, -0.25) is 14.3 Å². The van der Waals surface area contributed by atoms with E-state index in [9.17, 15) is 17.9 Å². The Hall–Kier alpha value is -3.10. The molecular weight excluding hydrogens is 417 g/mol. The third-order valence-corrected chi connectivity index (χ3v) is 6.77. The van der Waals surface area contributed by atoms with E-state index in [2.05, 4.69) is 4.36 Å². The maximum absolute atomic E-state index is 13.5. The molecule has 1 aliphatic heterocycles. The van der Waals surface area contributed by atoms with Crippen LogP contribution in [0.5, 0.6) is 0 Å². The quantitative estimate of drug-likeness (QED) is 0.656. The predicted octanol–water partition coefficient (Wildman–Crippen LogP) is 4.42. The van der Waals surface area contributed by atoms with E-state index in [1.165, 1.54) is 16.7 Å². The predicted molar refractivity (Wildman–Crippen MR) is 120 cm³/mol. The SMILES string of the molecule is CCN=S(=O)(O)c1ccc2c(c1)-c1cn(C)c(=O)cc1[C@H](C)N=C2c1ccc(F)cc1. The first-order chi connectivity index (χ1) is 14.7. The first-order valence-corrected chi connectivity index (χ1v) is 11.3. The van der Waals surface area contributed by atoms with Crippen molar-refractivity contribution in [3.8, 4) is 11.1 Å². The second kappa shape index (κ2) is 7.86. The molecule has 0 spiro atoms. The minimum absolute atomic E-state index is 0.171. The summed E-state index contributed by atoms with van der Waals surface area (Å²) in [6, 6.07) is 12.2. The number of benzene rings is 2. The van der Waals surface area contributed by atoms with Crippen LogP contribution in [0, 0.1) is 5.82 Å². The second-order valence-electron chi connectivity index (χ2n) is 7.40. The van der Waals surface area contributed by atoms with Crippen LogP contribution in [0.15, 0.2) is 73.8 Å². The molecular formula is C23H22FN3O3S. The fraction of sp³-hybridized carbons (Fsp3) is 0.217. The Morgan fingerprint density at radius 3 is 2.52 bits per heavy atom. The van der Waals surface area contributed by atoms with Crippen LogP contribution < -0.4 is 5.56 Å². The first-order valence-electron chi connectivity index (χ1n) is 9.85. The van der Waals surface area contributed by atoms with E-state index in [1.807, 2.05) is 6.92 Å². The molecule has 2 atom stereocenters. The summed E-state index contributed by atoms with van der Waals surface area (Å²) in [6.45, 7) is 3.79. The van der Waals surface area contributed by atoms with Gasteiger partial charge in [-0.15, -0.1) is 0 Å². The Labute approximate surface area is 180 Å². The smallest absolute Gasteiger partial charge is 0.250 e. The number of fused-ring (bicyclic) bond motifs is 3. The van der Waals surface area contributed by atoms with Gasteiger partial charge in [0.05, 0.1) is 16.6 Å². The average molecular weight is 440 g/mol. The highest BCUT2D eigenvalue weighted by atomic mass is 32.2. The topological polar surface area (TPSA) is 84.0 Å². The number of aryl methyl sites for hydroxylation is 1. The molecule has 0 amide bonds. The number of aliphatic imine (C=N–C) groups is 1. The van der Waals surface area contributed by atoms with Gasteiger partial charge in [-0.2, -0.15) is 0 Å². The highest BCUT2D eigenvalue weighted by molar-refractivity contribution is 7.88. The third kappa shape index (κ3) is 3.84. The van der Waals surface area contributed by atoms with Crippen molar-refractivity contribution < 1.29 is 13.2 Å². The molecule has 1 unspecified atom stereocenters. The molecule has 0 bridgehead atoms. The summed E-state index contributed by atoms with van der Waals surface area (Å²) in [7, 11) is -1.90. The zero-order chi connectivity index (χ0) is 22.3. The largest absolute Gasteiger partial charge is 0.318 e. The van der Waals surface area contributed by atoms with Gasteiger partial charge in [0.25, 0.3) is 5.56 Å². The van der Waals surface area contributed by atoms with Crippen LogP contribution in [0.4, 0.5) is 4.39 Å². The molecule has 160 valence electrons. The van der Waals surface area contributed by atoms with Crippen LogP contribution in [0.25, 0.3) is 11.1 Å². The van der Waals surface area contributed by atoms with Crippen LogP contribution in [-0.2, 0) is 17.1 Å². The Morgan fingerprint density at radius 2 is 1.84 bits per heavy atom. The van der Waals surface area contributed by atoms with Crippen molar-refractivity contribution in [1.82, 2.24) is 4.57 Å². The summed E-state index contributed by atoms with van der Waals surface area (Å²) in [5.74, 6) is -0.353. The van der Waals surface area contributed by atoms with E-state index in [4.69, 9.17) is 4.99 Å². The normalized spacial score (nSPS) is 17.1. The highest BCUT2D eigenvalue weighted by Gasteiger charge is 2.25. The van der Waals surface area contributed by atoms with Gasteiger partial charge in [0, 0.05) is 42.5 Å². The van der Waals surface area contributed by atoms with Gasteiger partial charge < -0.3 is 4.57 Å². The standard InChI is InChI=1S/C23H22FN3O3S/c1-4-25-31(29,30)17-9-10-18-20(11-17)21-13-27(3)22(28)12-19(21)14(2)26-23(18)15-5-7-16(24)8-6-15/h5-14H,4H2,1-3H3,(H,25,29,30)/t14-/m0/s1. The summed E-state index contributed by atoms with van der Waals surface area (Å²) in [4.78, 5) is 17.4. The molecule has 4 rings (SSSR count). The molecule has 1 N–H and O–H groups in total. The maximum atomic E-state index is 13.5. The summed E-state index contributed by atoms with van der Waals surface area (Å²) >= 11 is 0. The van der Waals surface area contributed by atoms with Crippen LogP contribution >= 0.6 is 0 Å². The zero-order valence-corrected chi connectivity index (χ0v) is 18.2. The second-order valence-corrected chi connectivity index (χ2v) is 9.12. The lowest BCUT2D eigenvalue weighted by Crippen LogP contribution is -2.17. The van der Waals surface area contributed by atoms with E-state index in [0.29, 0.717) is 16.8 Å². The number of nitrogens with zero attached hydrogens (tertiary/aromatic N) is 3. The zero-order valence-electron chi connectivity index (χ0n) is 17.4. The van der Waals surface area contributed by atoms with Gasteiger partial charge in [-0.05, 0) is 61.4 Å². The maximum Gasteiger partial charge on any atom is 0.250 e. The Balaban J connectivity index is 2.07. The van der Waals surface area contributed by atoms with Gasteiger partial charge in [-0.1, -0.05) is 6.07 Å². The van der Waals surface area contributed by atoms with Crippen LogP contribution in [0.2, 0.25) is 0 Å². The van der Waals surface area contributed by atoms with E-state index in [0.717, 1.165) is 16.7 Å². The molecule has 0 saturated carbocycles. The van der Waals surface area contributed by atoms with E-state index >= 15 is 0 Å². The lowest BCUT2D eigenvalue weighted by molar-refractivity contribution is 0.549. The fourth-order valence-electron chi connectivity index (χ4n) is 3.75. The van der Waals surface area contributed by atoms with Crippen molar-refractivity contribution in [1.29, 1.82) is 0 Å². The molecule has 0 radical (unpaired) electrons. The highest BCUT2D eigenvalue weighted by Crippen LogP contribution is 2.38. The molecule has 6 nitrogen and oxygen atoms in total. The average Bonchev–Trinajstić information content (AvgIpc) is 2.84. The lowest BCUT2D eigenvalue weighted by Gasteiger charge is -2.15. The summed E-state index contributed by atoms with van der Waals surface area (Å²) in [6.07, 6.45) is 1.72. The molecule has 0 aliphatic carbocycles. The number of rotatable bonds is 3. The monoisotopic (exact) mass is 439 g/mol. The summed E-state index contributed by atoms with van der Waals surface area (Å²) in [5, 5.41) is 0.